The number of rotatable bonds is 6. The van der Waals surface area contributed by atoms with Crippen LogP contribution < -0.4 is 10.7 Å². The van der Waals surface area contributed by atoms with E-state index in [-0.39, 0.29) is 11.2 Å². The topological polar surface area (TPSA) is 82.3 Å². The van der Waals surface area contributed by atoms with Crippen LogP contribution in [0.3, 0.4) is 0 Å². The molecule has 1 aliphatic heterocycles. The molecule has 8 heteroatoms. The Balaban J connectivity index is 1.60. The molecule has 1 aromatic carbocycles. The van der Waals surface area contributed by atoms with Crippen LogP contribution in [0.2, 0.25) is 0 Å². The van der Waals surface area contributed by atoms with Crippen molar-refractivity contribution in [1.82, 2.24) is 14.6 Å². The van der Waals surface area contributed by atoms with Gasteiger partial charge in [-0.3, -0.25) is 4.79 Å². The highest BCUT2D eigenvalue weighted by Crippen LogP contribution is 2.13. The second-order valence-electron chi connectivity index (χ2n) is 5.95. The van der Waals surface area contributed by atoms with Crippen LogP contribution in [0.15, 0.2) is 29.1 Å². The Kier molecular flexibility index (Phi) is 4.98. The highest BCUT2D eigenvalue weighted by molar-refractivity contribution is 7.89. The summed E-state index contributed by atoms with van der Waals surface area (Å²) in [5, 5.41) is 3.34. The SMILES string of the molecule is O=c1cc(CNCCS(=O)(=O)N2CCCC2)[nH]c2ccc(F)cc12. The number of aromatic nitrogens is 1. The third-order valence-corrected chi connectivity index (χ3v) is 6.03. The molecule has 3 rings (SSSR count). The number of benzene rings is 1. The quantitative estimate of drug-likeness (QED) is 0.764. The predicted octanol–water partition coefficient (Wildman–Crippen LogP) is 1.18. The van der Waals surface area contributed by atoms with Crippen molar-refractivity contribution in [3.8, 4) is 0 Å². The van der Waals surface area contributed by atoms with E-state index >= 15 is 0 Å². The fourth-order valence-electron chi connectivity index (χ4n) is 2.89. The molecule has 1 saturated heterocycles. The standard InChI is InChI=1S/C16H20FN3O3S/c17-12-3-4-15-14(9-12)16(21)10-13(19-15)11-18-5-8-24(22,23)20-6-1-2-7-20/h3-4,9-10,18H,1-2,5-8,11H2,(H,19,21). The molecule has 0 amide bonds. The first-order valence-corrected chi connectivity index (χ1v) is 9.57. The lowest BCUT2D eigenvalue weighted by atomic mass is 10.2. The molecule has 2 N–H and O–H groups in total. The molecule has 0 unspecified atom stereocenters. The number of nitrogens with one attached hydrogen (secondary N) is 2. The van der Waals surface area contributed by atoms with Gasteiger partial charge < -0.3 is 10.3 Å². The number of sulfonamides is 1. The number of hydrogen-bond donors (Lipinski definition) is 2. The zero-order valence-electron chi connectivity index (χ0n) is 13.2. The van der Waals surface area contributed by atoms with Crippen LogP contribution in [-0.2, 0) is 16.6 Å². The zero-order chi connectivity index (χ0) is 17.2. The van der Waals surface area contributed by atoms with Gasteiger partial charge in [0, 0.05) is 48.8 Å². The van der Waals surface area contributed by atoms with Crippen molar-refractivity contribution in [3.63, 3.8) is 0 Å². The highest BCUT2D eigenvalue weighted by Gasteiger charge is 2.24. The smallest absolute Gasteiger partial charge is 0.215 e. The largest absolute Gasteiger partial charge is 0.357 e. The Morgan fingerprint density at radius 3 is 2.71 bits per heavy atom. The van der Waals surface area contributed by atoms with Crippen molar-refractivity contribution < 1.29 is 12.8 Å². The molecule has 0 atom stereocenters. The first kappa shape index (κ1) is 17.1. The van der Waals surface area contributed by atoms with Gasteiger partial charge in [-0.2, -0.15) is 0 Å². The number of pyridine rings is 1. The lowest BCUT2D eigenvalue weighted by molar-refractivity contribution is 0.475. The summed E-state index contributed by atoms with van der Waals surface area (Å²) in [6, 6.07) is 5.42. The van der Waals surface area contributed by atoms with Crippen LogP contribution in [0.25, 0.3) is 10.9 Å². The van der Waals surface area contributed by atoms with Gasteiger partial charge in [0.25, 0.3) is 0 Å². The van der Waals surface area contributed by atoms with Gasteiger partial charge in [-0.15, -0.1) is 0 Å². The number of H-pyrrole nitrogens is 1. The minimum absolute atomic E-state index is 0.0377. The highest BCUT2D eigenvalue weighted by atomic mass is 32.2. The Hall–Kier alpha value is -1.77. The van der Waals surface area contributed by atoms with Crippen molar-refractivity contribution in [2.24, 2.45) is 0 Å². The zero-order valence-corrected chi connectivity index (χ0v) is 14.0. The summed E-state index contributed by atoms with van der Waals surface area (Å²) in [5.41, 5.74) is 0.938. The second kappa shape index (κ2) is 7.00. The van der Waals surface area contributed by atoms with Gasteiger partial charge in [-0.25, -0.2) is 17.1 Å². The van der Waals surface area contributed by atoms with E-state index in [1.165, 1.54) is 28.6 Å². The van der Waals surface area contributed by atoms with Gasteiger partial charge in [0.15, 0.2) is 5.43 Å². The van der Waals surface area contributed by atoms with Gasteiger partial charge in [0.05, 0.1) is 5.75 Å². The Labute approximate surface area is 139 Å². The summed E-state index contributed by atoms with van der Waals surface area (Å²) >= 11 is 0. The number of halogens is 1. The average molecular weight is 353 g/mol. The molecule has 0 saturated carbocycles. The van der Waals surface area contributed by atoms with Gasteiger partial charge in [-0.05, 0) is 31.0 Å². The maximum atomic E-state index is 13.2. The summed E-state index contributed by atoms with van der Waals surface area (Å²) in [7, 11) is -3.20. The minimum Gasteiger partial charge on any atom is -0.357 e. The van der Waals surface area contributed by atoms with E-state index in [1.807, 2.05) is 0 Å². The molecular weight excluding hydrogens is 333 g/mol. The van der Waals surface area contributed by atoms with Crippen molar-refractivity contribution in [1.29, 1.82) is 0 Å². The summed E-state index contributed by atoms with van der Waals surface area (Å²) in [6.07, 6.45) is 1.84. The van der Waals surface area contributed by atoms with Crippen LogP contribution >= 0.6 is 0 Å². The maximum Gasteiger partial charge on any atom is 0.215 e. The van der Waals surface area contributed by atoms with Crippen molar-refractivity contribution in [2.75, 3.05) is 25.4 Å². The fourth-order valence-corrected chi connectivity index (χ4v) is 4.36. The predicted molar refractivity (Wildman–Crippen MR) is 90.8 cm³/mol. The summed E-state index contributed by atoms with van der Waals surface area (Å²) in [4.78, 5) is 15.1. The van der Waals surface area contributed by atoms with E-state index in [0.29, 0.717) is 42.8 Å². The van der Waals surface area contributed by atoms with E-state index in [1.54, 1.807) is 0 Å². The lowest BCUT2D eigenvalue weighted by Gasteiger charge is -2.15. The number of nitrogens with zero attached hydrogens (tertiary/aromatic N) is 1. The molecule has 2 heterocycles. The van der Waals surface area contributed by atoms with E-state index in [9.17, 15) is 17.6 Å². The third-order valence-electron chi connectivity index (χ3n) is 4.16. The molecule has 130 valence electrons. The van der Waals surface area contributed by atoms with Crippen LogP contribution in [0.4, 0.5) is 4.39 Å². The van der Waals surface area contributed by atoms with Crippen LogP contribution in [0.5, 0.6) is 0 Å². The summed E-state index contributed by atoms with van der Waals surface area (Å²) in [5.74, 6) is -0.415. The van der Waals surface area contributed by atoms with Crippen LogP contribution in [0.1, 0.15) is 18.5 Å². The fraction of sp³-hybridized carbons (Fsp3) is 0.438. The van der Waals surface area contributed by atoms with Gasteiger partial charge in [0.1, 0.15) is 5.82 Å². The molecule has 1 fully saturated rings. The van der Waals surface area contributed by atoms with E-state index in [2.05, 4.69) is 10.3 Å². The van der Waals surface area contributed by atoms with E-state index < -0.39 is 15.8 Å². The van der Waals surface area contributed by atoms with Crippen LogP contribution in [-0.4, -0.2) is 43.1 Å². The molecule has 0 bridgehead atoms. The number of aromatic amines is 1. The summed E-state index contributed by atoms with van der Waals surface area (Å²) in [6.45, 7) is 1.87. The lowest BCUT2D eigenvalue weighted by Crippen LogP contribution is -2.34. The average Bonchev–Trinajstić information content (AvgIpc) is 3.08. The Morgan fingerprint density at radius 2 is 1.96 bits per heavy atom. The monoisotopic (exact) mass is 353 g/mol. The molecule has 0 aliphatic carbocycles. The molecule has 0 radical (unpaired) electrons. The molecule has 24 heavy (non-hydrogen) atoms. The Bertz CT molecular complexity index is 889. The molecular formula is C16H20FN3O3S. The molecule has 6 nitrogen and oxygen atoms in total. The molecule has 1 aliphatic rings. The first-order valence-electron chi connectivity index (χ1n) is 7.96. The van der Waals surface area contributed by atoms with E-state index in [0.717, 1.165) is 12.8 Å². The van der Waals surface area contributed by atoms with Crippen molar-refractivity contribution >= 4 is 20.9 Å². The molecule has 2 aromatic rings. The van der Waals surface area contributed by atoms with Crippen LogP contribution in [0, 0.1) is 5.82 Å². The minimum atomic E-state index is -3.20. The van der Waals surface area contributed by atoms with Gasteiger partial charge in [-0.1, -0.05) is 0 Å². The first-order chi connectivity index (χ1) is 11.5. The Morgan fingerprint density at radius 1 is 1.21 bits per heavy atom. The third kappa shape index (κ3) is 3.82. The normalized spacial score (nSPS) is 16.0. The van der Waals surface area contributed by atoms with E-state index in [4.69, 9.17) is 0 Å². The summed E-state index contributed by atoms with van der Waals surface area (Å²) < 4.78 is 38.9. The second-order valence-corrected chi connectivity index (χ2v) is 8.04. The van der Waals surface area contributed by atoms with Gasteiger partial charge in [0.2, 0.25) is 10.0 Å². The number of hydrogen-bond acceptors (Lipinski definition) is 4. The van der Waals surface area contributed by atoms with Crippen molar-refractivity contribution in [2.45, 2.75) is 19.4 Å². The number of fused-ring (bicyclic) bond motifs is 1. The van der Waals surface area contributed by atoms with Crippen molar-refractivity contribution in [3.05, 3.63) is 46.0 Å². The van der Waals surface area contributed by atoms with Gasteiger partial charge >= 0.3 is 0 Å². The molecule has 0 spiro atoms. The molecule has 1 aromatic heterocycles. The maximum absolute atomic E-state index is 13.2.